The Morgan fingerprint density at radius 3 is 2.17 bits per heavy atom. The third-order valence-corrected chi connectivity index (χ3v) is 5.07. The molecule has 0 aromatic heterocycles. The van der Waals surface area contributed by atoms with Crippen LogP contribution in [0.25, 0.3) is 0 Å². The summed E-state index contributed by atoms with van der Waals surface area (Å²) in [5.74, 6) is -3.49. The van der Waals surface area contributed by atoms with E-state index in [9.17, 15) is 39.9 Å². The average Bonchev–Trinajstić information content (AvgIpc) is 2.74. The summed E-state index contributed by atoms with van der Waals surface area (Å²) in [5, 5.41) is -0.553. The zero-order chi connectivity index (χ0) is 26.7. The van der Waals surface area contributed by atoms with E-state index in [1.165, 1.54) is 7.11 Å². The number of carbonyl (C=O) groups is 1. The third-order valence-electron chi connectivity index (χ3n) is 4.78. The molecule has 0 aliphatic carbocycles. The summed E-state index contributed by atoms with van der Waals surface area (Å²) in [4.78, 5) is 18.9. The van der Waals surface area contributed by atoms with Crippen molar-refractivity contribution >= 4 is 28.9 Å². The maximum Gasteiger partial charge on any atom is 0.416 e. The summed E-state index contributed by atoms with van der Waals surface area (Å²) >= 11 is 5.60. The number of halogens is 9. The van der Waals surface area contributed by atoms with Crippen molar-refractivity contribution in [1.29, 1.82) is 0 Å². The van der Waals surface area contributed by atoms with Crippen molar-refractivity contribution in [2.75, 3.05) is 31.0 Å². The first-order valence-corrected chi connectivity index (χ1v) is 9.86. The van der Waals surface area contributed by atoms with E-state index in [1.54, 1.807) is 0 Å². The van der Waals surface area contributed by atoms with Gasteiger partial charge in [-0.1, -0.05) is 11.6 Å². The van der Waals surface area contributed by atoms with Crippen molar-refractivity contribution in [3.63, 3.8) is 0 Å². The van der Waals surface area contributed by atoms with Gasteiger partial charge in [0.25, 0.3) is 0 Å². The van der Waals surface area contributed by atoms with Crippen molar-refractivity contribution in [3.05, 3.63) is 70.0 Å². The third kappa shape index (κ3) is 6.75. The molecule has 0 radical (unpaired) electrons. The molecule has 1 amide bonds. The lowest BCUT2D eigenvalue weighted by atomic mass is 9.96. The summed E-state index contributed by atoms with van der Waals surface area (Å²) in [7, 11) is 3.37. The number of nitrogens with zero attached hydrogens (tertiary/aromatic N) is 2. The number of carbonyl (C=O) groups excluding carboxylic acids is 1. The number of rotatable bonds is 7. The Hall–Kier alpha value is -3.06. The van der Waals surface area contributed by atoms with Crippen LogP contribution in [0.4, 0.5) is 46.5 Å². The molecule has 2 aromatic carbocycles. The minimum atomic E-state index is -5.27. The van der Waals surface area contributed by atoms with Gasteiger partial charge in [-0.05, 0) is 23.8 Å². The summed E-state index contributed by atoms with van der Waals surface area (Å²) in [6.45, 7) is 0. The summed E-state index contributed by atoms with van der Waals surface area (Å²) < 4.78 is 109. The van der Waals surface area contributed by atoms with Gasteiger partial charge < -0.3 is 9.80 Å². The van der Waals surface area contributed by atoms with Crippen LogP contribution < -0.4 is 15.3 Å². The van der Waals surface area contributed by atoms with E-state index in [0.717, 1.165) is 37.5 Å². The normalized spacial score (nSPS) is 12.2. The molecule has 5 nitrogen and oxygen atoms in total. The second-order valence-electron chi connectivity index (χ2n) is 7.11. The number of hydroxylamine groups is 1. The molecule has 0 aliphatic rings. The van der Waals surface area contributed by atoms with Crippen LogP contribution in [-0.2, 0) is 28.4 Å². The van der Waals surface area contributed by atoms with E-state index in [1.807, 2.05) is 0 Å². The minimum absolute atomic E-state index is 0.105. The van der Waals surface area contributed by atoms with Crippen LogP contribution in [0.1, 0.15) is 16.7 Å². The van der Waals surface area contributed by atoms with Gasteiger partial charge >= 0.3 is 12.4 Å². The zero-order valence-electron chi connectivity index (χ0n) is 18.3. The fraction of sp³-hybridized carbons (Fsp3) is 0.286. The quantitative estimate of drug-likeness (QED) is 0.274. The smallest absolute Gasteiger partial charge is 0.349 e. The van der Waals surface area contributed by atoms with Crippen LogP contribution in [0.2, 0.25) is 5.02 Å². The van der Waals surface area contributed by atoms with Crippen LogP contribution in [0.5, 0.6) is 0 Å². The maximum atomic E-state index is 14.2. The van der Waals surface area contributed by atoms with Crippen LogP contribution in [0.3, 0.4) is 0 Å². The maximum absolute atomic E-state index is 14.2. The van der Waals surface area contributed by atoms with E-state index in [0.29, 0.717) is 17.0 Å². The Kier molecular flexibility index (Phi) is 8.61. The highest BCUT2D eigenvalue weighted by Crippen LogP contribution is 2.42. The molecular weight excluding hydrogens is 514 g/mol. The molecule has 0 atom stereocenters. The van der Waals surface area contributed by atoms with Gasteiger partial charge in [0, 0.05) is 38.2 Å². The first kappa shape index (κ1) is 28.2. The number of nitrogens with one attached hydrogen (secondary N) is 1. The molecule has 0 fully saturated rings. The molecule has 0 heterocycles. The van der Waals surface area contributed by atoms with Gasteiger partial charge in [0.2, 0.25) is 5.91 Å². The Morgan fingerprint density at radius 2 is 1.63 bits per heavy atom. The van der Waals surface area contributed by atoms with Crippen molar-refractivity contribution in [1.82, 2.24) is 5.48 Å². The van der Waals surface area contributed by atoms with Crippen LogP contribution in [0.15, 0.2) is 36.7 Å². The van der Waals surface area contributed by atoms with Crippen LogP contribution in [0, 0.1) is 11.6 Å². The Balaban J connectivity index is 2.66. The minimum Gasteiger partial charge on any atom is -0.349 e. The van der Waals surface area contributed by atoms with E-state index in [-0.39, 0.29) is 6.07 Å². The fourth-order valence-electron chi connectivity index (χ4n) is 3.04. The van der Waals surface area contributed by atoms with E-state index < -0.39 is 69.4 Å². The number of alkyl halides is 6. The SMILES string of the molecule is CON/C=C\N(C)c1cc(C(F)(F)F)cc(C(F)(F)F)c1CC(=O)N(C)c1cc(Cl)c(F)cc1F. The summed E-state index contributed by atoms with van der Waals surface area (Å²) in [6, 6.07) is 1.48. The van der Waals surface area contributed by atoms with E-state index in [2.05, 4.69) is 10.3 Å². The van der Waals surface area contributed by atoms with Crippen molar-refractivity contribution in [2.45, 2.75) is 18.8 Å². The fourth-order valence-corrected chi connectivity index (χ4v) is 3.20. The molecule has 14 heteroatoms. The molecule has 0 unspecified atom stereocenters. The number of amides is 1. The molecular formula is C21H18ClF8N3O2. The van der Waals surface area contributed by atoms with Gasteiger partial charge in [-0.3, -0.25) is 15.1 Å². The van der Waals surface area contributed by atoms with Crippen molar-refractivity contribution in [2.24, 2.45) is 0 Å². The van der Waals surface area contributed by atoms with Crippen molar-refractivity contribution in [3.8, 4) is 0 Å². The second kappa shape index (κ2) is 10.7. The number of hydrogen-bond acceptors (Lipinski definition) is 4. The van der Waals surface area contributed by atoms with E-state index in [4.69, 9.17) is 11.6 Å². The van der Waals surface area contributed by atoms with Gasteiger partial charge in [-0.25, -0.2) is 8.78 Å². The molecule has 192 valence electrons. The Morgan fingerprint density at radius 1 is 1.00 bits per heavy atom. The number of likely N-dealkylation sites (N-methyl/N-ethyl adjacent to an activating group) is 1. The lowest BCUT2D eigenvalue weighted by Gasteiger charge is -2.26. The highest BCUT2D eigenvalue weighted by Gasteiger charge is 2.40. The predicted molar refractivity (Wildman–Crippen MR) is 113 cm³/mol. The first-order valence-electron chi connectivity index (χ1n) is 9.48. The highest BCUT2D eigenvalue weighted by atomic mass is 35.5. The zero-order valence-corrected chi connectivity index (χ0v) is 19.0. The second-order valence-corrected chi connectivity index (χ2v) is 7.52. The summed E-state index contributed by atoms with van der Waals surface area (Å²) in [6.07, 6.45) is -9.33. The number of anilines is 2. The van der Waals surface area contributed by atoms with Gasteiger partial charge in [-0.15, -0.1) is 0 Å². The Bertz CT molecular complexity index is 1120. The van der Waals surface area contributed by atoms with Crippen LogP contribution in [-0.4, -0.2) is 27.1 Å². The molecule has 0 bridgehead atoms. The van der Waals surface area contributed by atoms with Gasteiger partial charge in [-0.2, -0.15) is 26.3 Å². The molecule has 35 heavy (non-hydrogen) atoms. The van der Waals surface area contributed by atoms with Crippen molar-refractivity contribution < 1.29 is 44.8 Å². The number of benzene rings is 2. The average molecular weight is 532 g/mol. The Labute approximate surface area is 199 Å². The monoisotopic (exact) mass is 531 g/mol. The summed E-state index contributed by atoms with van der Waals surface area (Å²) in [5.41, 5.74) is -3.02. The van der Waals surface area contributed by atoms with Crippen LogP contribution >= 0.6 is 11.6 Å². The predicted octanol–water partition coefficient (Wildman–Crippen LogP) is 5.92. The largest absolute Gasteiger partial charge is 0.416 e. The molecule has 2 rings (SSSR count). The lowest BCUT2D eigenvalue weighted by Crippen LogP contribution is -2.30. The molecule has 2 aromatic rings. The van der Waals surface area contributed by atoms with Gasteiger partial charge in [0.1, 0.15) is 11.6 Å². The standard InChI is InChI=1S/C21H18ClF8N3O2/c1-32(5-4-31-35-3)17-7-11(20(25,26)27)6-13(21(28,29)30)12(17)8-19(34)33(2)18-9-14(22)15(23)10-16(18)24/h4-7,9-10,31H,8H2,1-3H3/b5-4-. The lowest BCUT2D eigenvalue weighted by molar-refractivity contribution is -0.143. The first-order chi connectivity index (χ1) is 16.1. The number of hydrogen-bond donors (Lipinski definition) is 1. The van der Waals surface area contributed by atoms with Gasteiger partial charge in [0.15, 0.2) is 0 Å². The molecule has 0 saturated heterocycles. The van der Waals surface area contributed by atoms with E-state index >= 15 is 0 Å². The molecule has 0 spiro atoms. The molecule has 0 saturated carbocycles. The molecule has 1 N–H and O–H groups in total. The molecule has 0 aliphatic heterocycles. The topological polar surface area (TPSA) is 44.8 Å². The highest BCUT2D eigenvalue weighted by molar-refractivity contribution is 6.31. The van der Waals surface area contributed by atoms with Gasteiger partial charge in [0.05, 0.1) is 35.4 Å².